The van der Waals surface area contributed by atoms with Crippen LogP contribution in [0.3, 0.4) is 0 Å². The highest BCUT2D eigenvalue weighted by Crippen LogP contribution is 2.31. The molecule has 19 heavy (non-hydrogen) atoms. The lowest BCUT2D eigenvalue weighted by atomic mass is 10.1. The average Bonchev–Trinajstić information content (AvgIpc) is 2.46. The van der Waals surface area contributed by atoms with Crippen molar-refractivity contribution in [2.24, 2.45) is 0 Å². The number of carbonyl (C=O) groups is 1. The van der Waals surface area contributed by atoms with Gasteiger partial charge < -0.3 is 19.7 Å². The molecule has 0 aromatic heterocycles. The molecule has 2 heterocycles. The third-order valence-corrected chi connectivity index (χ3v) is 3.57. The minimum absolute atomic E-state index is 0.0171. The molecule has 0 saturated carbocycles. The Hall–Kier alpha value is -1.75. The summed E-state index contributed by atoms with van der Waals surface area (Å²) in [6.45, 7) is 4.71. The van der Waals surface area contributed by atoms with Gasteiger partial charge in [-0.3, -0.25) is 4.79 Å². The highest BCUT2D eigenvalue weighted by Gasteiger charge is 2.33. The summed E-state index contributed by atoms with van der Waals surface area (Å²) >= 11 is 0. The highest BCUT2D eigenvalue weighted by molar-refractivity contribution is 5.82. The largest absolute Gasteiger partial charge is 0.485 e. The summed E-state index contributed by atoms with van der Waals surface area (Å²) in [5, 5.41) is 3.27. The molecule has 0 radical (unpaired) electrons. The number of hydrogen-bond donors (Lipinski definition) is 1. The van der Waals surface area contributed by atoms with Crippen LogP contribution in [0.25, 0.3) is 0 Å². The highest BCUT2D eigenvalue weighted by atomic mass is 16.6. The Morgan fingerprint density at radius 2 is 2.16 bits per heavy atom. The van der Waals surface area contributed by atoms with E-state index in [4.69, 9.17) is 9.47 Å². The third kappa shape index (κ3) is 2.38. The lowest BCUT2D eigenvalue weighted by molar-refractivity contribution is -0.144. The number of fused-ring (bicyclic) bond motifs is 1. The number of carbonyl (C=O) groups excluding carboxylic acids is 1. The van der Waals surface area contributed by atoms with Crippen molar-refractivity contribution in [3.63, 3.8) is 0 Å². The van der Waals surface area contributed by atoms with Crippen LogP contribution in [-0.2, 0) is 4.79 Å². The number of piperazine rings is 1. The van der Waals surface area contributed by atoms with E-state index in [-0.39, 0.29) is 18.6 Å². The van der Waals surface area contributed by atoms with Crippen molar-refractivity contribution in [3.8, 4) is 11.5 Å². The minimum atomic E-state index is -0.532. The number of nitrogens with one attached hydrogen (secondary N) is 1. The van der Waals surface area contributed by atoms with Crippen molar-refractivity contribution in [1.82, 2.24) is 10.2 Å². The van der Waals surface area contributed by atoms with Gasteiger partial charge in [-0.25, -0.2) is 0 Å². The van der Waals surface area contributed by atoms with Crippen LogP contribution in [0.2, 0.25) is 0 Å². The predicted octanol–water partition coefficient (Wildman–Crippen LogP) is 0.647. The SMILES string of the molecule is C[C@H]1CNCCN1C(=O)[C@H]1COc2ccccc2O1. The maximum Gasteiger partial charge on any atom is 0.267 e. The van der Waals surface area contributed by atoms with E-state index in [1.54, 1.807) is 0 Å². The van der Waals surface area contributed by atoms with Crippen LogP contribution in [0.15, 0.2) is 24.3 Å². The maximum atomic E-state index is 12.5. The van der Waals surface area contributed by atoms with Crippen molar-refractivity contribution < 1.29 is 14.3 Å². The van der Waals surface area contributed by atoms with Gasteiger partial charge >= 0.3 is 0 Å². The van der Waals surface area contributed by atoms with Crippen LogP contribution < -0.4 is 14.8 Å². The van der Waals surface area contributed by atoms with Gasteiger partial charge in [0.05, 0.1) is 0 Å². The molecule has 0 unspecified atom stereocenters. The molecule has 5 nitrogen and oxygen atoms in total. The Bertz CT molecular complexity index is 478. The van der Waals surface area contributed by atoms with Crippen LogP contribution in [0.4, 0.5) is 0 Å². The van der Waals surface area contributed by atoms with Gasteiger partial charge in [0.15, 0.2) is 11.5 Å². The second-order valence-electron chi connectivity index (χ2n) is 4.95. The first-order valence-electron chi connectivity index (χ1n) is 6.65. The van der Waals surface area contributed by atoms with Gasteiger partial charge in [-0.05, 0) is 19.1 Å². The Balaban J connectivity index is 1.72. The van der Waals surface area contributed by atoms with E-state index in [2.05, 4.69) is 5.32 Å². The molecule has 0 spiro atoms. The summed E-state index contributed by atoms with van der Waals surface area (Å²) in [6, 6.07) is 7.65. The van der Waals surface area contributed by atoms with E-state index in [1.165, 1.54) is 0 Å². The first-order valence-corrected chi connectivity index (χ1v) is 6.65. The molecule has 1 saturated heterocycles. The molecule has 1 aromatic carbocycles. The van der Waals surface area contributed by atoms with Crippen molar-refractivity contribution >= 4 is 5.91 Å². The van der Waals surface area contributed by atoms with Crippen molar-refractivity contribution in [2.75, 3.05) is 26.2 Å². The number of ether oxygens (including phenoxy) is 2. The fraction of sp³-hybridized carbons (Fsp3) is 0.500. The molecular weight excluding hydrogens is 244 g/mol. The molecule has 1 amide bonds. The summed E-state index contributed by atoms with van der Waals surface area (Å²) in [4.78, 5) is 14.3. The minimum Gasteiger partial charge on any atom is -0.485 e. The molecule has 2 aliphatic rings. The second kappa shape index (κ2) is 5.09. The fourth-order valence-corrected chi connectivity index (χ4v) is 2.49. The molecule has 102 valence electrons. The lowest BCUT2D eigenvalue weighted by Gasteiger charge is -2.37. The zero-order valence-electron chi connectivity index (χ0n) is 11.0. The topological polar surface area (TPSA) is 50.8 Å². The monoisotopic (exact) mass is 262 g/mol. The van der Waals surface area contributed by atoms with Gasteiger partial charge in [-0.1, -0.05) is 12.1 Å². The van der Waals surface area contributed by atoms with Crippen LogP contribution in [0.5, 0.6) is 11.5 Å². The van der Waals surface area contributed by atoms with Gasteiger partial charge in [0.1, 0.15) is 6.61 Å². The molecule has 2 aliphatic heterocycles. The summed E-state index contributed by atoms with van der Waals surface area (Å²) in [7, 11) is 0. The molecular formula is C14H18N2O3. The summed E-state index contributed by atoms with van der Waals surface area (Å²) in [5.41, 5.74) is 0. The van der Waals surface area contributed by atoms with Crippen LogP contribution in [-0.4, -0.2) is 49.2 Å². The first-order chi connectivity index (χ1) is 9.25. The summed E-state index contributed by atoms with van der Waals surface area (Å²) < 4.78 is 11.4. The standard InChI is InChI=1S/C14H18N2O3/c1-10-8-15-6-7-16(10)14(17)13-9-18-11-4-2-3-5-12(11)19-13/h2-5,10,13,15H,6-9H2,1H3/t10-,13+/m0/s1. The zero-order chi connectivity index (χ0) is 13.2. The number of benzene rings is 1. The summed E-state index contributed by atoms with van der Waals surface area (Å²) in [6.07, 6.45) is -0.532. The summed E-state index contributed by atoms with van der Waals surface area (Å²) in [5.74, 6) is 1.37. The van der Waals surface area contributed by atoms with Crippen molar-refractivity contribution in [1.29, 1.82) is 0 Å². The molecule has 1 fully saturated rings. The Morgan fingerprint density at radius 3 is 2.95 bits per heavy atom. The molecule has 0 aliphatic carbocycles. The van der Waals surface area contributed by atoms with Crippen LogP contribution >= 0.6 is 0 Å². The number of para-hydroxylation sites is 2. The number of nitrogens with zero attached hydrogens (tertiary/aromatic N) is 1. The normalized spacial score (nSPS) is 26.1. The molecule has 0 bridgehead atoms. The van der Waals surface area contributed by atoms with Crippen molar-refractivity contribution in [2.45, 2.75) is 19.1 Å². The number of amides is 1. The van der Waals surface area contributed by atoms with E-state index in [0.717, 1.165) is 19.6 Å². The van der Waals surface area contributed by atoms with Crippen molar-refractivity contribution in [3.05, 3.63) is 24.3 Å². The van der Waals surface area contributed by atoms with Crippen LogP contribution in [0, 0.1) is 0 Å². The van der Waals surface area contributed by atoms with E-state index in [9.17, 15) is 4.79 Å². The average molecular weight is 262 g/mol. The van der Waals surface area contributed by atoms with Gasteiger partial charge in [0.25, 0.3) is 5.91 Å². The Morgan fingerprint density at radius 1 is 1.37 bits per heavy atom. The number of rotatable bonds is 1. The van der Waals surface area contributed by atoms with Gasteiger partial charge in [0, 0.05) is 25.7 Å². The first kappa shape index (κ1) is 12.3. The van der Waals surface area contributed by atoms with Gasteiger partial charge in [-0.15, -0.1) is 0 Å². The molecule has 1 N–H and O–H groups in total. The molecule has 1 aromatic rings. The molecule has 5 heteroatoms. The van der Waals surface area contributed by atoms with Crippen LogP contribution in [0.1, 0.15) is 6.92 Å². The molecule has 3 rings (SSSR count). The van der Waals surface area contributed by atoms with E-state index in [0.29, 0.717) is 11.5 Å². The van der Waals surface area contributed by atoms with E-state index >= 15 is 0 Å². The smallest absolute Gasteiger partial charge is 0.267 e. The quantitative estimate of drug-likeness (QED) is 0.807. The van der Waals surface area contributed by atoms with Gasteiger partial charge in [0.2, 0.25) is 6.10 Å². The second-order valence-corrected chi connectivity index (χ2v) is 4.95. The predicted molar refractivity (Wildman–Crippen MR) is 70.4 cm³/mol. The maximum absolute atomic E-state index is 12.5. The van der Waals surface area contributed by atoms with E-state index in [1.807, 2.05) is 36.1 Å². The zero-order valence-corrected chi connectivity index (χ0v) is 11.0. The molecule has 2 atom stereocenters. The number of hydrogen-bond acceptors (Lipinski definition) is 4. The Kier molecular flexibility index (Phi) is 3.29. The Labute approximate surface area is 112 Å². The van der Waals surface area contributed by atoms with Gasteiger partial charge in [-0.2, -0.15) is 0 Å². The third-order valence-electron chi connectivity index (χ3n) is 3.57. The fourth-order valence-electron chi connectivity index (χ4n) is 2.49. The lowest BCUT2D eigenvalue weighted by Crippen LogP contribution is -2.57. The van der Waals surface area contributed by atoms with E-state index < -0.39 is 6.10 Å².